The third-order valence-electron chi connectivity index (χ3n) is 4.38. The molecular weight excluding hydrogens is 310 g/mol. The number of carbonyl (C=O) groups excluding carboxylic acids is 1. The van der Waals surface area contributed by atoms with Crippen LogP contribution in [-0.2, 0) is 4.79 Å². The molecule has 3 heteroatoms. The van der Waals surface area contributed by atoms with Crippen LogP contribution < -0.4 is 10.1 Å². The molecule has 0 aliphatic heterocycles. The van der Waals surface area contributed by atoms with E-state index in [-0.39, 0.29) is 18.6 Å². The van der Waals surface area contributed by atoms with Gasteiger partial charge in [0.25, 0.3) is 5.91 Å². The van der Waals surface area contributed by atoms with E-state index in [0.717, 1.165) is 22.1 Å². The maximum absolute atomic E-state index is 12.3. The zero-order valence-corrected chi connectivity index (χ0v) is 14.9. The summed E-state index contributed by atoms with van der Waals surface area (Å²) < 4.78 is 5.76. The highest BCUT2D eigenvalue weighted by molar-refractivity contribution is 5.88. The van der Waals surface area contributed by atoms with Crippen molar-refractivity contribution in [2.45, 2.75) is 26.8 Å². The molecule has 0 aliphatic rings. The summed E-state index contributed by atoms with van der Waals surface area (Å²) in [4.78, 5) is 12.3. The number of fused-ring (bicyclic) bond motifs is 1. The van der Waals surface area contributed by atoms with Crippen LogP contribution in [0.3, 0.4) is 0 Å². The lowest BCUT2D eigenvalue weighted by Gasteiger charge is -2.17. The quantitative estimate of drug-likeness (QED) is 0.734. The molecule has 0 spiro atoms. The zero-order valence-electron chi connectivity index (χ0n) is 14.9. The van der Waals surface area contributed by atoms with Crippen molar-refractivity contribution in [2.24, 2.45) is 0 Å². The smallest absolute Gasteiger partial charge is 0.258 e. The van der Waals surface area contributed by atoms with Crippen molar-refractivity contribution >= 4 is 16.7 Å². The maximum atomic E-state index is 12.3. The van der Waals surface area contributed by atoms with Crippen LogP contribution in [-0.4, -0.2) is 12.5 Å². The highest BCUT2D eigenvalue weighted by Gasteiger charge is 2.12. The highest BCUT2D eigenvalue weighted by atomic mass is 16.5. The minimum absolute atomic E-state index is 0.00323. The number of ether oxygens (including phenoxy) is 1. The van der Waals surface area contributed by atoms with Crippen LogP contribution in [0.5, 0.6) is 5.75 Å². The summed E-state index contributed by atoms with van der Waals surface area (Å²) >= 11 is 0. The summed E-state index contributed by atoms with van der Waals surface area (Å²) in [5, 5.41) is 5.13. The molecule has 0 bridgehead atoms. The van der Waals surface area contributed by atoms with Crippen LogP contribution >= 0.6 is 0 Å². The molecule has 1 atom stereocenters. The number of hydrogen-bond donors (Lipinski definition) is 1. The predicted molar refractivity (Wildman–Crippen MR) is 102 cm³/mol. The van der Waals surface area contributed by atoms with Gasteiger partial charge in [-0.3, -0.25) is 4.79 Å². The molecule has 0 aliphatic carbocycles. The Labute approximate surface area is 148 Å². The van der Waals surface area contributed by atoms with Gasteiger partial charge in [-0.2, -0.15) is 0 Å². The molecule has 3 aromatic rings. The normalized spacial score (nSPS) is 12.0. The molecule has 1 N–H and O–H groups in total. The number of carbonyl (C=O) groups is 1. The van der Waals surface area contributed by atoms with Gasteiger partial charge in [-0.05, 0) is 43.4 Å². The van der Waals surface area contributed by atoms with Crippen LogP contribution in [0.25, 0.3) is 10.8 Å². The van der Waals surface area contributed by atoms with Gasteiger partial charge in [0.1, 0.15) is 5.75 Å². The fraction of sp³-hybridized carbons (Fsp3) is 0.227. The van der Waals surface area contributed by atoms with E-state index in [1.807, 2.05) is 49.4 Å². The first-order valence-electron chi connectivity index (χ1n) is 8.51. The standard InChI is InChI=1S/C22H23NO2/c1-15-11-12-19(16(2)13-15)17(3)23-22(24)14-25-21-10-6-8-18-7-4-5-9-20(18)21/h4-13,17H,14H2,1-3H3,(H,23,24)/t17-/m0/s1. The Hall–Kier alpha value is -2.81. The van der Waals surface area contributed by atoms with Crippen molar-refractivity contribution in [2.75, 3.05) is 6.61 Å². The number of rotatable bonds is 5. The van der Waals surface area contributed by atoms with Crippen molar-refractivity contribution in [1.82, 2.24) is 5.32 Å². The fourth-order valence-electron chi connectivity index (χ4n) is 3.14. The monoisotopic (exact) mass is 333 g/mol. The molecule has 0 aromatic heterocycles. The summed E-state index contributed by atoms with van der Waals surface area (Å²) in [6.45, 7) is 6.13. The van der Waals surface area contributed by atoms with Gasteiger partial charge in [-0.25, -0.2) is 0 Å². The zero-order chi connectivity index (χ0) is 17.8. The number of amides is 1. The summed E-state index contributed by atoms with van der Waals surface area (Å²) in [6.07, 6.45) is 0. The van der Waals surface area contributed by atoms with E-state index < -0.39 is 0 Å². The van der Waals surface area contributed by atoms with Crippen molar-refractivity contribution in [3.05, 3.63) is 77.4 Å². The first-order chi connectivity index (χ1) is 12.0. The summed E-state index contributed by atoms with van der Waals surface area (Å²) in [6, 6.07) is 20.1. The highest BCUT2D eigenvalue weighted by Crippen LogP contribution is 2.25. The SMILES string of the molecule is Cc1ccc([C@H](C)NC(=O)COc2cccc3ccccc23)c(C)c1. The number of benzene rings is 3. The molecule has 25 heavy (non-hydrogen) atoms. The minimum Gasteiger partial charge on any atom is -0.483 e. The molecule has 0 saturated carbocycles. The molecule has 128 valence electrons. The third kappa shape index (κ3) is 4.00. The van der Waals surface area contributed by atoms with Crippen LogP contribution in [0.2, 0.25) is 0 Å². The second-order valence-electron chi connectivity index (χ2n) is 6.42. The Balaban J connectivity index is 1.64. The van der Waals surface area contributed by atoms with E-state index in [4.69, 9.17) is 4.74 Å². The molecule has 0 fully saturated rings. The second-order valence-corrected chi connectivity index (χ2v) is 6.42. The number of aryl methyl sites for hydroxylation is 2. The summed E-state index contributed by atoms with van der Waals surface area (Å²) in [5.41, 5.74) is 3.53. The van der Waals surface area contributed by atoms with Crippen molar-refractivity contribution < 1.29 is 9.53 Å². The lowest BCUT2D eigenvalue weighted by atomic mass is 10.0. The summed E-state index contributed by atoms with van der Waals surface area (Å²) in [5.74, 6) is 0.604. The van der Waals surface area contributed by atoms with Gasteiger partial charge in [0.05, 0.1) is 6.04 Å². The molecule has 0 unspecified atom stereocenters. The molecule has 3 nitrogen and oxygen atoms in total. The fourth-order valence-corrected chi connectivity index (χ4v) is 3.14. The molecule has 0 heterocycles. The third-order valence-corrected chi connectivity index (χ3v) is 4.38. The Morgan fingerprint density at radius 1 is 1.04 bits per heavy atom. The lowest BCUT2D eigenvalue weighted by Crippen LogP contribution is -2.31. The molecule has 0 radical (unpaired) electrons. The minimum atomic E-state index is -0.125. The first-order valence-corrected chi connectivity index (χ1v) is 8.51. The van der Waals surface area contributed by atoms with Gasteiger partial charge in [0.15, 0.2) is 6.61 Å². The molecule has 0 saturated heterocycles. The number of nitrogens with one attached hydrogen (secondary N) is 1. The maximum Gasteiger partial charge on any atom is 0.258 e. The van der Waals surface area contributed by atoms with Gasteiger partial charge in [-0.15, -0.1) is 0 Å². The van der Waals surface area contributed by atoms with E-state index in [2.05, 4.69) is 37.4 Å². The average molecular weight is 333 g/mol. The van der Waals surface area contributed by atoms with Crippen molar-refractivity contribution in [3.63, 3.8) is 0 Å². The second kappa shape index (κ2) is 7.39. The van der Waals surface area contributed by atoms with E-state index >= 15 is 0 Å². The predicted octanol–water partition coefficient (Wildman–Crippen LogP) is 4.71. The largest absolute Gasteiger partial charge is 0.483 e. The molecular formula is C22H23NO2. The van der Waals surface area contributed by atoms with E-state index in [1.54, 1.807) is 0 Å². The van der Waals surface area contributed by atoms with Crippen LogP contribution in [0.15, 0.2) is 60.7 Å². The Bertz CT molecular complexity index is 896. The van der Waals surface area contributed by atoms with Gasteiger partial charge >= 0.3 is 0 Å². The Morgan fingerprint density at radius 2 is 1.80 bits per heavy atom. The summed E-state index contributed by atoms with van der Waals surface area (Å²) in [7, 11) is 0. The van der Waals surface area contributed by atoms with E-state index in [1.165, 1.54) is 11.1 Å². The van der Waals surface area contributed by atoms with Gasteiger partial charge in [0.2, 0.25) is 0 Å². The van der Waals surface area contributed by atoms with E-state index in [0.29, 0.717) is 0 Å². The molecule has 3 rings (SSSR count). The van der Waals surface area contributed by atoms with Crippen LogP contribution in [0.1, 0.15) is 29.7 Å². The van der Waals surface area contributed by atoms with Gasteiger partial charge < -0.3 is 10.1 Å². The van der Waals surface area contributed by atoms with Crippen molar-refractivity contribution in [1.29, 1.82) is 0 Å². The average Bonchev–Trinajstić information content (AvgIpc) is 2.59. The number of hydrogen-bond acceptors (Lipinski definition) is 2. The molecule has 1 amide bonds. The lowest BCUT2D eigenvalue weighted by molar-refractivity contribution is -0.123. The van der Waals surface area contributed by atoms with Crippen LogP contribution in [0.4, 0.5) is 0 Å². The Morgan fingerprint density at radius 3 is 2.60 bits per heavy atom. The van der Waals surface area contributed by atoms with Gasteiger partial charge in [-0.1, -0.05) is 60.2 Å². The van der Waals surface area contributed by atoms with E-state index in [9.17, 15) is 4.79 Å². The topological polar surface area (TPSA) is 38.3 Å². The van der Waals surface area contributed by atoms with Crippen molar-refractivity contribution in [3.8, 4) is 5.75 Å². The first kappa shape index (κ1) is 17.0. The van der Waals surface area contributed by atoms with Crippen LogP contribution in [0, 0.1) is 13.8 Å². The molecule has 3 aromatic carbocycles. The Kier molecular flexibility index (Phi) is 5.03. The van der Waals surface area contributed by atoms with Gasteiger partial charge in [0, 0.05) is 5.39 Å².